The lowest BCUT2D eigenvalue weighted by Gasteiger charge is -2.19. The number of hydrogen-bond donors (Lipinski definition) is 2. The van der Waals surface area contributed by atoms with Crippen LogP contribution in [0.4, 0.5) is 11.4 Å². The zero-order chi connectivity index (χ0) is 21.4. The van der Waals surface area contributed by atoms with Crippen LogP contribution in [0.3, 0.4) is 0 Å². The summed E-state index contributed by atoms with van der Waals surface area (Å²) in [4.78, 5) is 26.5. The van der Waals surface area contributed by atoms with Crippen LogP contribution in [0.5, 0.6) is 5.75 Å². The smallest absolute Gasteiger partial charge is 0.238 e. The maximum absolute atomic E-state index is 12.5. The standard InChI is InChI=1S/C22H28ClN3O3/c1-5-15-10-11-19(23)18(6-2)22(15)25-21(28)14-26(3)13-20(27)24-16-8-7-9-17(12-16)29-4/h7-12H,5-6,13-14H2,1-4H3,(H,24,27)(H,25,28). The number of nitrogens with zero attached hydrogens (tertiary/aromatic N) is 1. The molecule has 7 heteroatoms. The van der Waals surface area contributed by atoms with Crippen molar-refractivity contribution in [1.82, 2.24) is 4.90 Å². The average molecular weight is 418 g/mol. The van der Waals surface area contributed by atoms with Gasteiger partial charge >= 0.3 is 0 Å². The maximum Gasteiger partial charge on any atom is 0.238 e. The molecule has 29 heavy (non-hydrogen) atoms. The molecule has 0 aliphatic carbocycles. The van der Waals surface area contributed by atoms with Gasteiger partial charge in [0, 0.05) is 22.5 Å². The number of halogens is 1. The van der Waals surface area contributed by atoms with Crippen LogP contribution in [-0.4, -0.2) is 44.0 Å². The summed E-state index contributed by atoms with van der Waals surface area (Å²) in [6, 6.07) is 10.9. The van der Waals surface area contributed by atoms with Gasteiger partial charge in [0.2, 0.25) is 11.8 Å². The minimum atomic E-state index is -0.209. The monoisotopic (exact) mass is 417 g/mol. The van der Waals surface area contributed by atoms with E-state index in [1.165, 1.54) is 0 Å². The van der Waals surface area contributed by atoms with Crippen LogP contribution in [0.15, 0.2) is 36.4 Å². The first-order valence-corrected chi connectivity index (χ1v) is 9.98. The first-order valence-electron chi connectivity index (χ1n) is 9.60. The molecule has 6 nitrogen and oxygen atoms in total. The highest BCUT2D eigenvalue weighted by Crippen LogP contribution is 2.29. The Balaban J connectivity index is 1.95. The summed E-state index contributed by atoms with van der Waals surface area (Å²) < 4.78 is 5.15. The number of ether oxygens (including phenoxy) is 1. The van der Waals surface area contributed by atoms with Gasteiger partial charge in [0.1, 0.15) is 5.75 Å². The number of carbonyl (C=O) groups is 2. The van der Waals surface area contributed by atoms with Crippen LogP contribution in [0.2, 0.25) is 5.02 Å². The van der Waals surface area contributed by atoms with E-state index in [-0.39, 0.29) is 24.9 Å². The number of methoxy groups -OCH3 is 1. The van der Waals surface area contributed by atoms with Gasteiger partial charge in [-0.15, -0.1) is 0 Å². The van der Waals surface area contributed by atoms with E-state index in [9.17, 15) is 9.59 Å². The van der Waals surface area contributed by atoms with Crippen molar-refractivity contribution in [2.45, 2.75) is 26.7 Å². The highest BCUT2D eigenvalue weighted by atomic mass is 35.5. The van der Waals surface area contributed by atoms with Crippen molar-refractivity contribution in [3.63, 3.8) is 0 Å². The molecule has 0 atom stereocenters. The molecule has 2 rings (SSSR count). The van der Waals surface area contributed by atoms with Crippen molar-refractivity contribution in [2.75, 3.05) is 37.9 Å². The summed E-state index contributed by atoms with van der Waals surface area (Å²) in [7, 11) is 3.30. The fraction of sp³-hybridized carbons (Fsp3) is 0.364. The summed E-state index contributed by atoms with van der Waals surface area (Å²) in [5.41, 5.74) is 3.39. The molecule has 0 bridgehead atoms. The Morgan fingerprint density at radius 3 is 2.34 bits per heavy atom. The molecule has 2 amide bonds. The molecule has 0 saturated carbocycles. The van der Waals surface area contributed by atoms with E-state index in [0.717, 1.165) is 29.7 Å². The van der Waals surface area contributed by atoms with E-state index in [1.807, 2.05) is 26.0 Å². The molecule has 2 N–H and O–H groups in total. The molecule has 0 aliphatic heterocycles. The van der Waals surface area contributed by atoms with Crippen LogP contribution in [0.1, 0.15) is 25.0 Å². The molecule has 0 spiro atoms. The largest absolute Gasteiger partial charge is 0.497 e. The summed E-state index contributed by atoms with van der Waals surface area (Å²) in [6.07, 6.45) is 1.51. The zero-order valence-corrected chi connectivity index (χ0v) is 18.1. The van der Waals surface area contributed by atoms with Gasteiger partial charge < -0.3 is 15.4 Å². The summed E-state index contributed by atoms with van der Waals surface area (Å²) in [5, 5.41) is 6.43. The van der Waals surface area contributed by atoms with Crippen molar-refractivity contribution in [3.05, 3.63) is 52.5 Å². The number of amides is 2. The lowest BCUT2D eigenvalue weighted by atomic mass is 10.0. The van der Waals surface area contributed by atoms with E-state index < -0.39 is 0 Å². The van der Waals surface area contributed by atoms with Crippen LogP contribution in [-0.2, 0) is 22.4 Å². The minimum absolute atomic E-state index is 0.0848. The third kappa shape index (κ3) is 6.48. The Bertz CT molecular complexity index is 870. The second-order valence-electron chi connectivity index (χ2n) is 6.77. The van der Waals surface area contributed by atoms with Crippen LogP contribution >= 0.6 is 11.6 Å². The predicted molar refractivity (Wildman–Crippen MR) is 118 cm³/mol. The quantitative estimate of drug-likeness (QED) is 0.647. The van der Waals surface area contributed by atoms with Crippen molar-refractivity contribution in [1.29, 1.82) is 0 Å². The van der Waals surface area contributed by atoms with E-state index in [2.05, 4.69) is 10.6 Å². The zero-order valence-electron chi connectivity index (χ0n) is 17.3. The molecule has 0 aliphatic rings. The first-order chi connectivity index (χ1) is 13.9. The third-order valence-corrected chi connectivity index (χ3v) is 4.88. The lowest BCUT2D eigenvalue weighted by Crippen LogP contribution is -2.36. The molecular weight excluding hydrogens is 390 g/mol. The Labute approximate surface area is 177 Å². The predicted octanol–water partition coefficient (Wildman–Crippen LogP) is 3.98. The average Bonchev–Trinajstić information content (AvgIpc) is 2.68. The highest BCUT2D eigenvalue weighted by molar-refractivity contribution is 6.32. The van der Waals surface area contributed by atoms with Gasteiger partial charge in [-0.1, -0.05) is 37.6 Å². The number of benzene rings is 2. The van der Waals surface area contributed by atoms with Crippen LogP contribution < -0.4 is 15.4 Å². The molecule has 156 valence electrons. The summed E-state index contributed by atoms with van der Waals surface area (Å²) >= 11 is 6.29. The fourth-order valence-electron chi connectivity index (χ4n) is 3.09. The van der Waals surface area contributed by atoms with Gasteiger partial charge in [-0.25, -0.2) is 0 Å². The topological polar surface area (TPSA) is 70.7 Å². The van der Waals surface area contributed by atoms with Crippen molar-refractivity contribution >= 4 is 34.8 Å². The van der Waals surface area contributed by atoms with Gasteiger partial charge in [0.05, 0.1) is 20.2 Å². The summed E-state index contributed by atoms with van der Waals surface area (Å²) in [5.74, 6) is 0.267. The Kier molecular flexibility index (Phi) is 8.49. The molecule has 0 heterocycles. The number of hydrogen-bond acceptors (Lipinski definition) is 4. The molecule has 0 saturated heterocycles. The molecule has 2 aromatic rings. The molecule has 0 aromatic heterocycles. The minimum Gasteiger partial charge on any atom is -0.497 e. The van der Waals surface area contributed by atoms with Gasteiger partial charge in [-0.3, -0.25) is 14.5 Å². The van der Waals surface area contributed by atoms with E-state index >= 15 is 0 Å². The fourth-order valence-corrected chi connectivity index (χ4v) is 3.38. The van der Waals surface area contributed by atoms with Crippen molar-refractivity contribution < 1.29 is 14.3 Å². The Morgan fingerprint density at radius 1 is 1.03 bits per heavy atom. The Morgan fingerprint density at radius 2 is 1.72 bits per heavy atom. The van der Waals surface area contributed by atoms with Gasteiger partial charge in [0.15, 0.2) is 0 Å². The number of rotatable bonds is 9. The molecule has 0 unspecified atom stereocenters. The third-order valence-electron chi connectivity index (χ3n) is 4.52. The van der Waals surface area contributed by atoms with Crippen molar-refractivity contribution in [3.8, 4) is 5.75 Å². The maximum atomic E-state index is 12.5. The highest BCUT2D eigenvalue weighted by Gasteiger charge is 2.16. The van der Waals surface area contributed by atoms with Gasteiger partial charge in [0.25, 0.3) is 0 Å². The van der Waals surface area contributed by atoms with Gasteiger partial charge in [-0.05, 0) is 49.2 Å². The number of likely N-dealkylation sites (N-methyl/N-ethyl adjacent to an activating group) is 1. The second-order valence-corrected chi connectivity index (χ2v) is 7.17. The van der Waals surface area contributed by atoms with Gasteiger partial charge in [-0.2, -0.15) is 0 Å². The Hall–Kier alpha value is -2.57. The molecule has 2 aromatic carbocycles. The van der Waals surface area contributed by atoms with Crippen LogP contribution in [0, 0.1) is 0 Å². The van der Waals surface area contributed by atoms with E-state index in [0.29, 0.717) is 16.5 Å². The normalized spacial score (nSPS) is 10.7. The molecular formula is C22H28ClN3O3. The SMILES string of the molecule is CCc1ccc(Cl)c(CC)c1NC(=O)CN(C)CC(=O)Nc1cccc(OC)c1. The molecule has 0 radical (unpaired) electrons. The summed E-state index contributed by atoms with van der Waals surface area (Å²) in [6.45, 7) is 4.21. The number of carbonyl (C=O) groups excluding carboxylic acids is 2. The number of anilines is 2. The second kappa shape index (κ2) is 10.8. The lowest BCUT2D eigenvalue weighted by molar-refractivity contribution is -0.119. The van der Waals surface area contributed by atoms with E-state index in [4.69, 9.17) is 16.3 Å². The number of aryl methyl sites for hydroxylation is 1. The van der Waals surface area contributed by atoms with Crippen LogP contribution in [0.25, 0.3) is 0 Å². The van der Waals surface area contributed by atoms with E-state index in [1.54, 1.807) is 43.3 Å². The molecule has 0 fully saturated rings. The first kappa shape index (κ1) is 22.7. The number of nitrogens with one attached hydrogen (secondary N) is 2. The van der Waals surface area contributed by atoms with Crippen molar-refractivity contribution in [2.24, 2.45) is 0 Å².